The minimum Gasteiger partial charge on any atom is -0.366 e. The van der Waals surface area contributed by atoms with Crippen LogP contribution in [0.15, 0.2) is 29.2 Å². The Labute approximate surface area is 79.4 Å². The SMILES string of the molecule is CCS(=O)c1cccc(C(N)=O)c1. The number of hydrogen-bond acceptors (Lipinski definition) is 2. The molecule has 0 fully saturated rings. The first-order valence-electron chi connectivity index (χ1n) is 3.93. The maximum Gasteiger partial charge on any atom is 0.248 e. The zero-order valence-electron chi connectivity index (χ0n) is 7.32. The largest absolute Gasteiger partial charge is 0.366 e. The van der Waals surface area contributed by atoms with Gasteiger partial charge in [-0.2, -0.15) is 0 Å². The van der Waals surface area contributed by atoms with Crippen LogP contribution in [0.2, 0.25) is 0 Å². The molecular formula is C9H11NO2S. The van der Waals surface area contributed by atoms with Crippen molar-refractivity contribution in [3.63, 3.8) is 0 Å². The summed E-state index contributed by atoms with van der Waals surface area (Å²) in [6, 6.07) is 6.59. The molecular weight excluding hydrogens is 186 g/mol. The molecule has 0 aliphatic rings. The van der Waals surface area contributed by atoms with Crippen LogP contribution in [0.3, 0.4) is 0 Å². The first-order chi connectivity index (χ1) is 6.15. The quantitative estimate of drug-likeness (QED) is 0.783. The highest BCUT2D eigenvalue weighted by molar-refractivity contribution is 7.85. The Morgan fingerprint density at radius 3 is 2.77 bits per heavy atom. The maximum absolute atomic E-state index is 11.3. The molecule has 0 heterocycles. The smallest absolute Gasteiger partial charge is 0.248 e. The lowest BCUT2D eigenvalue weighted by atomic mass is 10.2. The van der Waals surface area contributed by atoms with Gasteiger partial charge in [0.15, 0.2) is 0 Å². The van der Waals surface area contributed by atoms with Gasteiger partial charge in [-0.1, -0.05) is 13.0 Å². The van der Waals surface area contributed by atoms with Gasteiger partial charge >= 0.3 is 0 Å². The molecule has 0 aromatic heterocycles. The Morgan fingerprint density at radius 1 is 1.54 bits per heavy atom. The Bertz CT molecular complexity index is 349. The van der Waals surface area contributed by atoms with Gasteiger partial charge in [-0.05, 0) is 18.2 Å². The molecule has 2 N–H and O–H groups in total. The van der Waals surface area contributed by atoms with Crippen LogP contribution < -0.4 is 5.73 Å². The number of amides is 1. The molecule has 1 rings (SSSR count). The molecule has 4 heteroatoms. The predicted molar refractivity (Wildman–Crippen MR) is 51.9 cm³/mol. The van der Waals surface area contributed by atoms with Crippen molar-refractivity contribution < 1.29 is 9.00 Å². The van der Waals surface area contributed by atoms with Crippen molar-refractivity contribution in [1.29, 1.82) is 0 Å². The average molecular weight is 197 g/mol. The summed E-state index contributed by atoms with van der Waals surface area (Å²) in [6.45, 7) is 1.83. The van der Waals surface area contributed by atoms with E-state index in [4.69, 9.17) is 5.73 Å². The minimum atomic E-state index is -1.02. The van der Waals surface area contributed by atoms with Gasteiger partial charge < -0.3 is 5.73 Å². The van der Waals surface area contributed by atoms with Crippen LogP contribution in [-0.4, -0.2) is 15.9 Å². The highest BCUT2D eigenvalue weighted by atomic mass is 32.2. The van der Waals surface area contributed by atoms with Gasteiger partial charge in [-0.15, -0.1) is 0 Å². The lowest BCUT2D eigenvalue weighted by molar-refractivity contribution is 0.1000. The van der Waals surface area contributed by atoms with Crippen LogP contribution in [0, 0.1) is 0 Å². The predicted octanol–water partition coefficient (Wildman–Crippen LogP) is 0.913. The second-order valence-corrected chi connectivity index (χ2v) is 4.27. The number of nitrogens with two attached hydrogens (primary N) is 1. The van der Waals surface area contributed by atoms with E-state index in [2.05, 4.69) is 0 Å². The van der Waals surface area contributed by atoms with Crippen molar-refractivity contribution in [2.45, 2.75) is 11.8 Å². The van der Waals surface area contributed by atoms with Crippen LogP contribution in [0.25, 0.3) is 0 Å². The molecule has 0 spiro atoms. The van der Waals surface area contributed by atoms with Gasteiger partial charge in [0.25, 0.3) is 0 Å². The Hall–Kier alpha value is -1.16. The van der Waals surface area contributed by atoms with Crippen LogP contribution in [0.4, 0.5) is 0 Å². The summed E-state index contributed by atoms with van der Waals surface area (Å²) in [5, 5.41) is 0. The summed E-state index contributed by atoms with van der Waals surface area (Å²) in [4.78, 5) is 11.4. The summed E-state index contributed by atoms with van der Waals surface area (Å²) >= 11 is 0. The second kappa shape index (κ2) is 4.18. The van der Waals surface area contributed by atoms with Crippen molar-refractivity contribution in [2.24, 2.45) is 5.73 Å². The first-order valence-corrected chi connectivity index (χ1v) is 5.25. The molecule has 13 heavy (non-hydrogen) atoms. The summed E-state index contributed by atoms with van der Waals surface area (Å²) in [5.41, 5.74) is 5.49. The van der Waals surface area contributed by atoms with E-state index < -0.39 is 16.7 Å². The minimum absolute atomic E-state index is 0.402. The van der Waals surface area contributed by atoms with E-state index in [9.17, 15) is 9.00 Å². The van der Waals surface area contributed by atoms with E-state index in [1.807, 2.05) is 6.92 Å². The van der Waals surface area contributed by atoms with Gasteiger partial charge in [0.05, 0.1) is 10.8 Å². The van der Waals surface area contributed by atoms with Gasteiger partial charge in [-0.3, -0.25) is 9.00 Å². The van der Waals surface area contributed by atoms with E-state index in [1.54, 1.807) is 24.3 Å². The number of carbonyl (C=O) groups is 1. The highest BCUT2D eigenvalue weighted by Crippen LogP contribution is 2.09. The van der Waals surface area contributed by atoms with Crippen molar-refractivity contribution in [3.05, 3.63) is 29.8 Å². The fraction of sp³-hybridized carbons (Fsp3) is 0.222. The first kappa shape index (κ1) is 9.92. The molecule has 0 bridgehead atoms. The molecule has 0 aliphatic heterocycles. The third-order valence-electron chi connectivity index (χ3n) is 1.64. The Balaban J connectivity index is 3.05. The highest BCUT2D eigenvalue weighted by Gasteiger charge is 2.04. The molecule has 1 atom stereocenters. The van der Waals surface area contributed by atoms with E-state index >= 15 is 0 Å². The molecule has 0 saturated heterocycles. The van der Waals surface area contributed by atoms with Crippen LogP contribution in [0.5, 0.6) is 0 Å². The van der Waals surface area contributed by atoms with Crippen molar-refractivity contribution in [2.75, 3.05) is 5.75 Å². The molecule has 0 aliphatic carbocycles. The zero-order valence-corrected chi connectivity index (χ0v) is 8.14. The summed E-state index contributed by atoms with van der Waals surface area (Å²) < 4.78 is 11.3. The van der Waals surface area contributed by atoms with Crippen molar-refractivity contribution in [3.8, 4) is 0 Å². The van der Waals surface area contributed by atoms with E-state index in [0.717, 1.165) is 0 Å². The van der Waals surface area contributed by atoms with Crippen LogP contribution >= 0.6 is 0 Å². The van der Waals surface area contributed by atoms with E-state index in [0.29, 0.717) is 16.2 Å². The lowest BCUT2D eigenvalue weighted by Crippen LogP contribution is -2.11. The van der Waals surface area contributed by atoms with Gasteiger partial charge in [-0.25, -0.2) is 0 Å². The maximum atomic E-state index is 11.3. The van der Waals surface area contributed by atoms with Gasteiger partial charge in [0.2, 0.25) is 5.91 Å². The molecule has 70 valence electrons. The van der Waals surface area contributed by atoms with E-state index in [-0.39, 0.29) is 0 Å². The number of hydrogen-bond donors (Lipinski definition) is 1. The molecule has 1 unspecified atom stereocenters. The molecule has 0 radical (unpaired) electrons. The number of primary amides is 1. The summed E-state index contributed by atoms with van der Waals surface area (Å²) in [5.74, 6) is 0.0531. The zero-order chi connectivity index (χ0) is 9.84. The molecule has 1 amide bonds. The van der Waals surface area contributed by atoms with Crippen molar-refractivity contribution in [1.82, 2.24) is 0 Å². The molecule has 3 nitrogen and oxygen atoms in total. The lowest BCUT2D eigenvalue weighted by Gasteiger charge is -2.00. The number of carbonyl (C=O) groups excluding carboxylic acids is 1. The van der Waals surface area contributed by atoms with Crippen LogP contribution in [0.1, 0.15) is 17.3 Å². The average Bonchev–Trinajstić information content (AvgIpc) is 2.17. The second-order valence-electron chi connectivity index (χ2n) is 2.53. The summed E-state index contributed by atoms with van der Waals surface area (Å²) in [7, 11) is -1.02. The third-order valence-corrected chi connectivity index (χ3v) is 2.95. The van der Waals surface area contributed by atoms with Crippen molar-refractivity contribution >= 4 is 16.7 Å². The fourth-order valence-electron chi connectivity index (χ4n) is 0.958. The Morgan fingerprint density at radius 2 is 2.23 bits per heavy atom. The number of benzene rings is 1. The molecule has 0 saturated carbocycles. The molecule has 1 aromatic carbocycles. The normalized spacial score (nSPS) is 12.4. The topological polar surface area (TPSA) is 60.2 Å². The van der Waals surface area contributed by atoms with Gasteiger partial charge in [0.1, 0.15) is 0 Å². The number of rotatable bonds is 3. The fourth-order valence-corrected chi connectivity index (χ4v) is 1.78. The van der Waals surface area contributed by atoms with Gasteiger partial charge in [0, 0.05) is 16.2 Å². The third kappa shape index (κ3) is 2.39. The molecule has 1 aromatic rings. The van der Waals surface area contributed by atoms with Crippen LogP contribution in [-0.2, 0) is 10.8 Å². The standard InChI is InChI=1S/C9H11NO2S/c1-2-13(12)8-5-3-4-7(6-8)9(10)11/h3-6H,2H2,1H3,(H2,10,11). The van der Waals surface area contributed by atoms with E-state index in [1.165, 1.54) is 0 Å². The monoisotopic (exact) mass is 197 g/mol. The Kier molecular flexibility index (Phi) is 3.19. The summed E-state index contributed by atoms with van der Waals surface area (Å²) in [6.07, 6.45) is 0.